The number of aromatic carboxylic acids is 1. The average Bonchev–Trinajstić information content (AvgIpc) is 2.92. The SMILES string of the molecule is CCc1ccc(S(C)(=O)=O)cc1C(=O)NCc1cc(C(=O)O)c(C)o1. The van der Waals surface area contributed by atoms with E-state index in [0.29, 0.717) is 17.7 Å². The Labute approximate surface area is 145 Å². The number of benzene rings is 1. The maximum atomic E-state index is 12.4. The van der Waals surface area contributed by atoms with Gasteiger partial charge >= 0.3 is 5.97 Å². The highest BCUT2D eigenvalue weighted by molar-refractivity contribution is 7.90. The summed E-state index contributed by atoms with van der Waals surface area (Å²) >= 11 is 0. The fourth-order valence-corrected chi connectivity index (χ4v) is 3.06. The molecule has 0 aliphatic heterocycles. The highest BCUT2D eigenvalue weighted by atomic mass is 32.2. The number of rotatable bonds is 6. The van der Waals surface area contributed by atoms with Crippen molar-refractivity contribution in [3.05, 3.63) is 52.5 Å². The zero-order valence-corrected chi connectivity index (χ0v) is 14.9. The molecule has 2 rings (SSSR count). The van der Waals surface area contributed by atoms with E-state index in [0.717, 1.165) is 6.26 Å². The maximum Gasteiger partial charge on any atom is 0.339 e. The zero-order valence-electron chi connectivity index (χ0n) is 14.1. The largest absolute Gasteiger partial charge is 0.478 e. The Morgan fingerprint density at radius 1 is 1.20 bits per heavy atom. The van der Waals surface area contributed by atoms with E-state index in [9.17, 15) is 18.0 Å². The first-order chi connectivity index (χ1) is 11.6. The first kappa shape index (κ1) is 18.7. The number of furan rings is 1. The number of carboxylic acid groups (broad SMARTS) is 1. The lowest BCUT2D eigenvalue weighted by molar-refractivity contribution is 0.0694. The lowest BCUT2D eigenvalue weighted by Crippen LogP contribution is -2.24. The van der Waals surface area contributed by atoms with Crippen molar-refractivity contribution in [1.29, 1.82) is 0 Å². The van der Waals surface area contributed by atoms with Gasteiger partial charge in [-0.3, -0.25) is 4.79 Å². The molecule has 0 radical (unpaired) electrons. The van der Waals surface area contributed by atoms with Gasteiger partial charge in [-0.05, 0) is 37.1 Å². The van der Waals surface area contributed by atoms with Crippen molar-refractivity contribution >= 4 is 21.7 Å². The van der Waals surface area contributed by atoms with E-state index in [1.165, 1.54) is 25.1 Å². The predicted octanol–water partition coefficient (Wildman–Crippen LogP) is 2.18. The van der Waals surface area contributed by atoms with Crippen molar-refractivity contribution in [2.24, 2.45) is 0 Å². The van der Waals surface area contributed by atoms with Crippen LogP contribution in [0.1, 0.15) is 44.7 Å². The molecule has 0 bridgehead atoms. The molecule has 2 N–H and O–H groups in total. The van der Waals surface area contributed by atoms with Crippen molar-refractivity contribution in [2.45, 2.75) is 31.7 Å². The second kappa shape index (κ2) is 7.10. The first-order valence-electron chi connectivity index (χ1n) is 7.57. The van der Waals surface area contributed by atoms with E-state index in [1.807, 2.05) is 6.92 Å². The second-order valence-electron chi connectivity index (χ2n) is 5.62. The number of hydrogen-bond donors (Lipinski definition) is 2. The van der Waals surface area contributed by atoms with Gasteiger partial charge in [-0.2, -0.15) is 0 Å². The lowest BCUT2D eigenvalue weighted by Gasteiger charge is -2.10. The third-order valence-corrected chi connectivity index (χ3v) is 4.87. The summed E-state index contributed by atoms with van der Waals surface area (Å²) in [5.74, 6) is -0.994. The predicted molar refractivity (Wildman–Crippen MR) is 90.5 cm³/mol. The van der Waals surface area contributed by atoms with Crippen molar-refractivity contribution < 1.29 is 27.5 Å². The molecule has 7 nitrogen and oxygen atoms in total. The number of aryl methyl sites for hydroxylation is 2. The van der Waals surface area contributed by atoms with Crippen molar-refractivity contribution in [2.75, 3.05) is 6.26 Å². The van der Waals surface area contributed by atoms with E-state index in [1.54, 1.807) is 6.07 Å². The van der Waals surface area contributed by atoms with Crippen LogP contribution in [0.5, 0.6) is 0 Å². The van der Waals surface area contributed by atoms with Crippen LogP contribution in [0, 0.1) is 6.92 Å². The summed E-state index contributed by atoms with van der Waals surface area (Å²) in [6.07, 6.45) is 1.64. The number of sulfone groups is 1. The normalized spacial score (nSPS) is 11.3. The van der Waals surface area contributed by atoms with Crippen LogP contribution in [0.4, 0.5) is 0 Å². The molecule has 0 saturated carbocycles. The summed E-state index contributed by atoms with van der Waals surface area (Å²) in [4.78, 5) is 23.5. The van der Waals surface area contributed by atoms with Crippen molar-refractivity contribution in [3.63, 3.8) is 0 Å². The fourth-order valence-electron chi connectivity index (χ4n) is 2.41. The first-order valence-corrected chi connectivity index (χ1v) is 9.46. The Bertz CT molecular complexity index is 927. The molecule has 25 heavy (non-hydrogen) atoms. The molecule has 0 spiro atoms. The molecular weight excluding hydrogens is 346 g/mol. The van der Waals surface area contributed by atoms with Gasteiger partial charge in [0, 0.05) is 11.8 Å². The van der Waals surface area contributed by atoms with E-state index in [-0.39, 0.29) is 28.3 Å². The maximum absolute atomic E-state index is 12.4. The van der Waals surface area contributed by atoms with Gasteiger partial charge in [0.15, 0.2) is 9.84 Å². The van der Waals surface area contributed by atoms with E-state index >= 15 is 0 Å². The summed E-state index contributed by atoms with van der Waals surface area (Å²) in [6.45, 7) is 3.39. The molecule has 1 aromatic heterocycles. The molecule has 1 amide bonds. The van der Waals surface area contributed by atoms with Crippen LogP contribution in [0.3, 0.4) is 0 Å². The number of carbonyl (C=O) groups is 2. The molecule has 0 fully saturated rings. The monoisotopic (exact) mass is 365 g/mol. The van der Waals surface area contributed by atoms with Gasteiger partial charge in [0.1, 0.15) is 17.1 Å². The smallest absolute Gasteiger partial charge is 0.339 e. The molecule has 2 aromatic rings. The van der Waals surface area contributed by atoms with Gasteiger partial charge in [0.25, 0.3) is 5.91 Å². The molecule has 0 atom stereocenters. The summed E-state index contributed by atoms with van der Waals surface area (Å²) in [5.41, 5.74) is 1.02. The quantitative estimate of drug-likeness (QED) is 0.811. The Morgan fingerprint density at radius 2 is 1.88 bits per heavy atom. The highest BCUT2D eigenvalue weighted by Gasteiger charge is 2.17. The summed E-state index contributed by atoms with van der Waals surface area (Å²) in [5, 5.41) is 11.6. The van der Waals surface area contributed by atoms with Gasteiger partial charge < -0.3 is 14.8 Å². The van der Waals surface area contributed by atoms with Gasteiger partial charge in [-0.25, -0.2) is 13.2 Å². The summed E-state index contributed by atoms with van der Waals surface area (Å²) in [6, 6.07) is 5.79. The number of hydrogen-bond acceptors (Lipinski definition) is 5. The van der Waals surface area contributed by atoms with Crippen molar-refractivity contribution in [1.82, 2.24) is 5.32 Å². The van der Waals surface area contributed by atoms with Gasteiger partial charge in [-0.1, -0.05) is 13.0 Å². The minimum absolute atomic E-state index is 0.000783. The molecule has 134 valence electrons. The van der Waals surface area contributed by atoms with E-state index in [2.05, 4.69) is 5.32 Å². The minimum atomic E-state index is -3.43. The topological polar surface area (TPSA) is 114 Å². The third kappa shape index (κ3) is 4.27. The number of carbonyl (C=O) groups excluding carboxylic acids is 1. The lowest BCUT2D eigenvalue weighted by atomic mass is 10.0. The van der Waals surface area contributed by atoms with Crippen molar-refractivity contribution in [3.8, 4) is 0 Å². The molecular formula is C17H19NO6S. The molecule has 0 aliphatic rings. The van der Waals surface area contributed by atoms with Crippen LogP contribution in [-0.4, -0.2) is 31.7 Å². The fraction of sp³-hybridized carbons (Fsp3) is 0.294. The Balaban J connectivity index is 2.23. The minimum Gasteiger partial charge on any atom is -0.478 e. The second-order valence-corrected chi connectivity index (χ2v) is 7.63. The highest BCUT2D eigenvalue weighted by Crippen LogP contribution is 2.18. The molecule has 0 unspecified atom stereocenters. The Kier molecular flexibility index (Phi) is 5.32. The van der Waals surface area contributed by atoms with Crippen LogP contribution >= 0.6 is 0 Å². The van der Waals surface area contributed by atoms with Crippen LogP contribution in [0.2, 0.25) is 0 Å². The van der Waals surface area contributed by atoms with Gasteiger partial charge in [-0.15, -0.1) is 0 Å². The van der Waals surface area contributed by atoms with Gasteiger partial charge in [0.2, 0.25) is 0 Å². The van der Waals surface area contributed by atoms with Gasteiger partial charge in [0.05, 0.1) is 11.4 Å². The van der Waals surface area contributed by atoms with Crippen LogP contribution in [0.15, 0.2) is 33.6 Å². The molecule has 8 heteroatoms. The summed E-state index contributed by atoms with van der Waals surface area (Å²) in [7, 11) is -3.43. The van der Waals surface area contributed by atoms with Crippen LogP contribution < -0.4 is 5.32 Å². The van der Waals surface area contributed by atoms with Crippen LogP contribution in [0.25, 0.3) is 0 Å². The number of amides is 1. The molecule has 0 saturated heterocycles. The summed E-state index contributed by atoms with van der Waals surface area (Å²) < 4.78 is 28.7. The molecule has 0 aliphatic carbocycles. The van der Waals surface area contributed by atoms with E-state index in [4.69, 9.17) is 9.52 Å². The molecule has 1 heterocycles. The number of nitrogens with one attached hydrogen (secondary N) is 1. The van der Waals surface area contributed by atoms with E-state index < -0.39 is 21.7 Å². The third-order valence-electron chi connectivity index (χ3n) is 3.76. The Hall–Kier alpha value is -2.61. The van der Waals surface area contributed by atoms with Crippen LogP contribution in [-0.2, 0) is 22.8 Å². The average molecular weight is 365 g/mol. The number of carboxylic acids is 1. The zero-order chi connectivity index (χ0) is 18.8. The molecule has 1 aromatic carbocycles. The standard InChI is InChI=1S/C17H19NO6S/c1-4-11-5-6-13(25(3,22)23)8-15(11)16(19)18-9-12-7-14(17(20)21)10(2)24-12/h5-8H,4,9H2,1-3H3,(H,18,19)(H,20,21). The Morgan fingerprint density at radius 3 is 2.40 bits per heavy atom.